The number of aromatic carboxylic acids is 1. The van der Waals surface area contributed by atoms with Crippen molar-refractivity contribution in [2.24, 2.45) is 0 Å². The number of methoxy groups -OCH3 is 1. The Morgan fingerprint density at radius 3 is 3.06 bits per heavy atom. The van der Waals surface area contributed by atoms with E-state index in [0.717, 1.165) is 6.42 Å². The molecule has 0 aliphatic rings. The van der Waals surface area contributed by atoms with Gasteiger partial charge in [-0.25, -0.2) is 9.78 Å². The molecule has 88 valence electrons. The molecule has 0 radical (unpaired) electrons. The summed E-state index contributed by atoms with van der Waals surface area (Å²) in [5.74, 6) is -0.716. The molecule has 0 atom stereocenters. The van der Waals surface area contributed by atoms with Crippen LogP contribution in [0.25, 0.3) is 0 Å². The van der Waals surface area contributed by atoms with Crippen molar-refractivity contribution in [1.82, 2.24) is 4.98 Å². The Labute approximate surface area is 93.4 Å². The minimum Gasteiger partial charge on any atom is -0.478 e. The van der Waals surface area contributed by atoms with Gasteiger partial charge in [0.2, 0.25) is 0 Å². The van der Waals surface area contributed by atoms with E-state index < -0.39 is 5.97 Å². The molecule has 0 saturated heterocycles. The molecule has 1 heterocycles. The lowest BCUT2D eigenvalue weighted by Gasteiger charge is -2.08. The first-order chi connectivity index (χ1) is 7.65. The lowest BCUT2D eigenvalue weighted by molar-refractivity contribution is 0.0697. The minimum absolute atomic E-state index is 0.0809. The molecule has 0 aromatic carbocycles. The van der Waals surface area contributed by atoms with Crippen LogP contribution >= 0.6 is 0 Å². The summed E-state index contributed by atoms with van der Waals surface area (Å²) in [5, 5.41) is 11.9. The third-order valence-corrected chi connectivity index (χ3v) is 1.96. The van der Waals surface area contributed by atoms with Gasteiger partial charge in [-0.15, -0.1) is 0 Å². The molecule has 0 amide bonds. The Morgan fingerprint density at radius 1 is 1.69 bits per heavy atom. The number of nitrogen functional groups attached to an aromatic ring is 1. The van der Waals surface area contributed by atoms with E-state index in [4.69, 9.17) is 15.6 Å². The monoisotopic (exact) mass is 225 g/mol. The number of hydrogen-bond donors (Lipinski definition) is 3. The van der Waals surface area contributed by atoms with Crippen molar-refractivity contribution in [3.8, 4) is 0 Å². The highest BCUT2D eigenvalue weighted by Gasteiger charge is 2.11. The summed E-state index contributed by atoms with van der Waals surface area (Å²) in [4.78, 5) is 14.8. The predicted octanol–water partition coefficient (Wildman–Crippen LogP) is 0.810. The van der Waals surface area contributed by atoms with Crippen LogP contribution in [0, 0.1) is 0 Å². The first-order valence-corrected chi connectivity index (χ1v) is 4.86. The summed E-state index contributed by atoms with van der Waals surface area (Å²) in [6, 6.07) is 1.38. The van der Waals surface area contributed by atoms with Crippen LogP contribution in [0.3, 0.4) is 0 Å². The van der Waals surface area contributed by atoms with E-state index in [9.17, 15) is 4.79 Å². The number of nitrogens with zero attached hydrogens (tertiary/aromatic N) is 1. The topological polar surface area (TPSA) is 97.5 Å². The highest BCUT2D eigenvalue weighted by molar-refractivity contribution is 5.94. The number of aromatic nitrogens is 1. The van der Waals surface area contributed by atoms with E-state index in [1.54, 1.807) is 7.11 Å². The van der Waals surface area contributed by atoms with Gasteiger partial charge in [-0.1, -0.05) is 0 Å². The second kappa shape index (κ2) is 5.92. The Kier molecular flexibility index (Phi) is 4.53. The molecule has 0 saturated carbocycles. The molecule has 4 N–H and O–H groups in total. The van der Waals surface area contributed by atoms with Crippen LogP contribution < -0.4 is 11.1 Å². The minimum atomic E-state index is -1.05. The number of carboxylic acid groups (broad SMARTS) is 1. The van der Waals surface area contributed by atoms with Crippen molar-refractivity contribution in [2.45, 2.75) is 6.42 Å². The Balaban J connectivity index is 2.67. The van der Waals surface area contributed by atoms with Gasteiger partial charge < -0.3 is 20.9 Å². The van der Waals surface area contributed by atoms with Gasteiger partial charge in [0.1, 0.15) is 11.4 Å². The maximum absolute atomic E-state index is 10.9. The number of carbonyl (C=O) groups is 1. The number of hydrogen-bond acceptors (Lipinski definition) is 5. The molecule has 16 heavy (non-hydrogen) atoms. The highest BCUT2D eigenvalue weighted by Crippen LogP contribution is 2.15. The normalized spacial score (nSPS) is 10.1. The SMILES string of the molecule is COCCCNc1ncc(N)cc1C(=O)O. The first kappa shape index (κ1) is 12.3. The third-order valence-electron chi connectivity index (χ3n) is 1.96. The summed E-state index contributed by atoms with van der Waals surface area (Å²) in [7, 11) is 1.62. The molecule has 6 heteroatoms. The number of ether oxygens (including phenoxy) is 1. The van der Waals surface area contributed by atoms with Gasteiger partial charge in [0.25, 0.3) is 0 Å². The van der Waals surface area contributed by atoms with Crippen molar-refractivity contribution in [3.05, 3.63) is 17.8 Å². The van der Waals surface area contributed by atoms with E-state index in [1.807, 2.05) is 0 Å². The second-order valence-electron chi connectivity index (χ2n) is 3.24. The molecule has 0 fully saturated rings. The van der Waals surface area contributed by atoms with Crippen LogP contribution in [0.5, 0.6) is 0 Å². The van der Waals surface area contributed by atoms with Gasteiger partial charge in [0, 0.05) is 20.3 Å². The fourth-order valence-corrected chi connectivity index (χ4v) is 1.21. The lowest BCUT2D eigenvalue weighted by atomic mass is 10.2. The standard InChI is InChI=1S/C10H15N3O3/c1-16-4-2-3-12-9-8(10(14)15)5-7(11)6-13-9/h5-6H,2-4,11H2,1H3,(H,12,13)(H,14,15). The zero-order chi connectivity index (χ0) is 12.0. The molecule has 0 aliphatic heterocycles. The largest absolute Gasteiger partial charge is 0.478 e. The fourth-order valence-electron chi connectivity index (χ4n) is 1.21. The maximum atomic E-state index is 10.9. The van der Waals surface area contributed by atoms with Crippen LogP contribution in [0.2, 0.25) is 0 Å². The molecule has 6 nitrogen and oxygen atoms in total. The molecule has 1 aromatic heterocycles. The number of anilines is 2. The van der Waals surface area contributed by atoms with Gasteiger partial charge in [-0.05, 0) is 12.5 Å². The van der Waals surface area contributed by atoms with Crippen LogP contribution in [-0.4, -0.2) is 36.3 Å². The van der Waals surface area contributed by atoms with Crippen molar-refractivity contribution in [1.29, 1.82) is 0 Å². The molecule has 1 rings (SSSR count). The third kappa shape index (κ3) is 3.39. The van der Waals surface area contributed by atoms with Crippen molar-refractivity contribution < 1.29 is 14.6 Å². The fraction of sp³-hybridized carbons (Fsp3) is 0.400. The molecule has 0 unspecified atom stereocenters. The summed E-state index contributed by atoms with van der Waals surface area (Å²) in [6.45, 7) is 1.22. The molecular formula is C10H15N3O3. The summed E-state index contributed by atoms with van der Waals surface area (Å²) in [5.41, 5.74) is 5.88. The average molecular weight is 225 g/mol. The Morgan fingerprint density at radius 2 is 2.44 bits per heavy atom. The van der Waals surface area contributed by atoms with Gasteiger partial charge >= 0.3 is 5.97 Å². The predicted molar refractivity (Wildman–Crippen MR) is 60.6 cm³/mol. The lowest BCUT2D eigenvalue weighted by Crippen LogP contribution is -2.11. The zero-order valence-corrected chi connectivity index (χ0v) is 9.06. The zero-order valence-electron chi connectivity index (χ0n) is 9.06. The van der Waals surface area contributed by atoms with E-state index in [0.29, 0.717) is 24.7 Å². The number of nitrogens with two attached hydrogens (primary N) is 1. The van der Waals surface area contributed by atoms with Crippen molar-refractivity contribution in [2.75, 3.05) is 31.3 Å². The number of carboxylic acids is 1. The number of pyridine rings is 1. The number of rotatable bonds is 6. The van der Waals surface area contributed by atoms with E-state index in [-0.39, 0.29) is 5.56 Å². The van der Waals surface area contributed by atoms with Crippen molar-refractivity contribution in [3.63, 3.8) is 0 Å². The average Bonchev–Trinajstić information content (AvgIpc) is 2.26. The number of nitrogens with one attached hydrogen (secondary N) is 1. The van der Waals surface area contributed by atoms with E-state index in [1.165, 1.54) is 12.3 Å². The molecule has 1 aromatic rings. The quantitative estimate of drug-likeness (QED) is 0.620. The smallest absolute Gasteiger partial charge is 0.339 e. The van der Waals surface area contributed by atoms with Gasteiger partial charge in [-0.3, -0.25) is 0 Å². The van der Waals surface area contributed by atoms with Crippen molar-refractivity contribution >= 4 is 17.5 Å². The van der Waals surface area contributed by atoms with Crippen LogP contribution in [0.15, 0.2) is 12.3 Å². The van der Waals surface area contributed by atoms with Crippen LogP contribution in [-0.2, 0) is 4.74 Å². The molecule has 0 aliphatic carbocycles. The van der Waals surface area contributed by atoms with E-state index in [2.05, 4.69) is 10.3 Å². The molecular weight excluding hydrogens is 210 g/mol. The molecule has 0 spiro atoms. The Bertz CT molecular complexity index is 368. The van der Waals surface area contributed by atoms with E-state index >= 15 is 0 Å². The first-order valence-electron chi connectivity index (χ1n) is 4.86. The van der Waals surface area contributed by atoms with Crippen LogP contribution in [0.1, 0.15) is 16.8 Å². The summed E-state index contributed by atoms with van der Waals surface area (Å²) < 4.78 is 4.88. The molecule has 0 bridgehead atoms. The highest BCUT2D eigenvalue weighted by atomic mass is 16.5. The van der Waals surface area contributed by atoms with Crippen LogP contribution in [0.4, 0.5) is 11.5 Å². The van der Waals surface area contributed by atoms with Gasteiger partial charge in [0.15, 0.2) is 0 Å². The maximum Gasteiger partial charge on any atom is 0.339 e. The van der Waals surface area contributed by atoms with Gasteiger partial charge in [-0.2, -0.15) is 0 Å². The second-order valence-corrected chi connectivity index (χ2v) is 3.24. The summed E-state index contributed by atoms with van der Waals surface area (Å²) >= 11 is 0. The van der Waals surface area contributed by atoms with Gasteiger partial charge in [0.05, 0.1) is 11.9 Å². The Hall–Kier alpha value is -1.82. The summed E-state index contributed by atoms with van der Waals surface area (Å²) in [6.07, 6.45) is 2.20.